The highest BCUT2D eigenvalue weighted by Gasteiger charge is 2.10. The number of carbonyl (C=O) groups is 1. The van der Waals surface area contributed by atoms with Crippen molar-refractivity contribution in [1.82, 2.24) is 0 Å². The van der Waals surface area contributed by atoms with Crippen LogP contribution in [0.25, 0.3) is 0 Å². The monoisotopic (exact) mass is 226 g/mol. The predicted molar refractivity (Wildman–Crippen MR) is 60.4 cm³/mol. The van der Waals surface area contributed by atoms with Gasteiger partial charge in [-0.1, -0.05) is 5.57 Å². The van der Waals surface area contributed by atoms with Gasteiger partial charge in [0.2, 0.25) is 0 Å². The van der Waals surface area contributed by atoms with Crippen LogP contribution in [0.2, 0.25) is 0 Å². The van der Waals surface area contributed by atoms with E-state index in [-0.39, 0.29) is 0 Å². The van der Waals surface area contributed by atoms with Gasteiger partial charge in [-0.3, -0.25) is 0 Å². The van der Waals surface area contributed by atoms with Crippen LogP contribution in [0, 0.1) is 0 Å². The summed E-state index contributed by atoms with van der Waals surface area (Å²) in [6, 6.07) is 1.79. The highest BCUT2D eigenvalue weighted by atomic mass is 32.1. The van der Waals surface area contributed by atoms with E-state index in [0.717, 1.165) is 17.6 Å². The summed E-state index contributed by atoms with van der Waals surface area (Å²) in [6.45, 7) is 6.65. The van der Waals surface area contributed by atoms with Crippen LogP contribution < -0.4 is 0 Å². The molecule has 0 spiro atoms. The van der Waals surface area contributed by atoms with Crippen molar-refractivity contribution in [3.05, 3.63) is 34.0 Å². The van der Waals surface area contributed by atoms with E-state index in [0.29, 0.717) is 18.1 Å². The average Bonchev–Trinajstić information content (AvgIpc) is 2.60. The first-order valence-corrected chi connectivity index (χ1v) is 5.51. The Bertz CT molecular complexity index is 354. The summed E-state index contributed by atoms with van der Waals surface area (Å²) >= 11 is 1.22. The first-order chi connectivity index (χ1) is 7.11. The van der Waals surface area contributed by atoms with Gasteiger partial charge in [-0.25, -0.2) is 4.79 Å². The van der Waals surface area contributed by atoms with Crippen molar-refractivity contribution in [2.75, 3.05) is 6.61 Å². The molecule has 0 radical (unpaired) electrons. The zero-order valence-corrected chi connectivity index (χ0v) is 9.47. The molecule has 0 aromatic carbocycles. The van der Waals surface area contributed by atoms with Crippen LogP contribution in [0.1, 0.15) is 28.6 Å². The second kappa shape index (κ2) is 5.68. The molecule has 1 heterocycles. The summed E-state index contributed by atoms with van der Waals surface area (Å²) in [7, 11) is 0. The van der Waals surface area contributed by atoms with Gasteiger partial charge in [0, 0.05) is 5.56 Å². The Morgan fingerprint density at radius 1 is 1.67 bits per heavy atom. The van der Waals surface area contributed by atoms with Gasteiger partial charge in [-0.15, -0.1) is 17.9 Å². The zero-order valence-electron chi connectivity index (χ0n) is 8.66. The number of thiophene rings is 1. The third-order valence-corrected chi connectivity index (χ3v) is 2.82. The maximum absolute atomic E-state index is 10.8. The standard InChI is InChI=1S/C11H14O3S/c1-8(2)3-5-14-7-9-4-6-15-10(9)11(12)13/h4,6H,1,3,5,7H2,2H3,(H,12,13). The van der Waals surface area contributed by atoms with Crippen LogP contribution in [0.5, 0.6) is 0 Å². The largest absolute Gasteiger partial charge is 0.477 e. The van der Waals surface area contributed by atoms with Gasteiger partial charge in [-0.2, -0.15) is 0 Å². The molecule has 0 amide bonds. The van der Waals surface area contributed by atoms with Gasteiger partial charge >= 0.3 is 5.97 Å². The van der Waals surface area contributed by atoms with Gasteiger partial charge in [0.05, 0.1) is 13.2 Å². The number of aromatic carboxylic acids is 1. The summed E-state index contributed by atoms with van der Waals surface area (Å²) in [5.41, 5.74) is 1.81. The van der Waals surface area contributed by atoms with Crippen LogP contribution in [-0.4, -0.2) is 17.7 Å². The third-order valence-electron chi connectivity index (χ3n) is 1.87. The zero-order chi connectivity index (χ0) is 11.3. The fourth-order valence-corrected chi connectivity index (χ4v) is 1.81. The van der Waals surface area contributed by atoms with E-state index < -0.39 is 5.97 Å². The lowest BCUT2D eigenvalue weighted by Gasteiger charge is -2.03. The Kier molecular flexibility index (Phi) is 4.52. The highest BCUT2D eigenvalue weighted by molar-refractivity contribution is 7.12. The van der Waals surface area contributed by atoms with E-state index in [2.05, 4.69) is 6.58 Å². The second-order valence-electron chi connectivity index (χ2n) is 3.34. The molecule has 4 heteroatoms. The second-order valence-corrected chi connectivity index (χ2v) is 4.26. The van der Waals surface area contributed by atoms with Gasteiger partial charge in [0.25, 0.3) is 0 Å². The van der Waals surface area contributed by atoms with Gasteiger partial charge in [0.1, 0.15) is 4.88 Å². The van der Waals surface area contributed by atoms with Crippen LogP contribution in [0.3, 0.4) is 0 Å². The van der Waals surface area contributed by atoms with Gasteiger partial charge in [-0.05, 0) is 24.8 Å². The molecule has 15 heavy (non-hydrogen) atoms. The Hall–Kier alpha value is -1.13. The summed E-state index contributed by atoms with van der Waals surface area (Å²) in [5.74, 6) is -0.886. The van der Waals surface area contributed by atoms with Crippen molar-refractivity contribution in [3.8, 4) is 0 Å². The lowest BCUT2D eigenvalue weighted by molar-refractivity contribution is 0.0693. The minimum absolute atomic E-state index is 0.360. The quantitative estimate of drug-likeness (QED) is 0.599. The third kappa shape index (κ3) is 3.85. The molecule has 1 aromatic heterocycles. The fourth-order valence-electron chi connectivity index (χ4n) is 1.07. The number of carboxylic acid groups (broad SMARTS) is 1. The maximum atomic E-state index is 10.8. The number of hydrogen-bond donors (Lipinski definition) is 1. The summed E-state index contributed by atoms with van der Waals surface area (Å²) in [6.07, 6.45) is 0.812. The van der Waals surface area contributed by atoms with E-state index in [1.165, 1.54) is 11.3 Å². The van der Waals surface area contributed by atoms with E-state index in [1.54, 1.807) is 11.4 Å². The molecular weight excluding hydrogens is 212 g/mol. The first-order valence-electron chi connectivity index (χ1n) is 4.63. The molecule has 1 aromatic rings. The van der Waals surface area contributed by atoms with Crippen molar-refractivity contribution >= 4 is 17.3 Å². The molecule has 1 N–H and O–H groups in total. The molecule has 1 rings (SSSR count). The van der Waals surface area contributed by atoms with Crippen LogP contribution in [0.15, 0.2) is 23.6 Å². The van der Waals surface area contributed by atoms with E-state index >= 15 is 0 Å². The Morgan fingerprint density at radius 3 is 3.00 bits per heavy atom. The Labute approximate surface area is 93.0 Å². The molecule has 0 bridgehead atoms. The highest BCUT2D eigenvalue weighted by Crippen LogP contribution is 2.17. The topological polar surface area (TPSA) is 46.5 Å². The molecule has 0 aliphatic carbocycles. The molecule has 0 aliphatic rings. The molecule has 0 fully saturated rings. The normalized spacial score (nSPS) is 10.2. The summed E-state index contributed by atoms with van der Waals surface area (Å²) in [4.78, 5) is 11.1. The molecule has 0 saturated heterocycles. The van der Waals surface area contributed by atoms with E-state index in [4.69, 9.17) is 9.84 Å². The van der Waals surface area contributed by atoms with Crippen molar-refractivity contribution in [2.45, 2.75) is 20.0 Å². The number of rotatable bonds is 6. The molecule has 0 unspecified atom stereocenters. The van der Waals surface area contributed by atoms with Crippen molar-refractivity contribution in [2.24, 2.45) is 0 Å². The molecule has 0 saturated carbocycles. The van der Waals surface area contributed by atoms with Crippen molar-refractivity contribution < 1.29 is 14.6 Å². The summed E-state index contributed by atoms with van der Waals surface area (Å²) in [5, 5.41) is 10.6. The lowest BCUT2D eigenvalue weighted by Crippen LogP contribution is -2.01. The lowest BCUT2D eigenvalue weighted by atomic mass is 10.2. The maximum Gasteiger partial charge on any atom is 0.346 e. The van der Waals surface area contributed by atoms with E-state index in [9.17, 15) is 4.79 Å². The molecule has 3 nitrogen and oxygen atoms in total. The van der Waals surface area contributed by atoms with E-state index in [1.807, 2.05) is 6.92 Å². The fraction of sp³-hybridized carbons (Fsp3) is 0.364. The molecule has 0 atom stereocenters. The van der Waals surface area contributed by atoms with Gasteiger partial charge in [0.15, 0.2) is 0 Å². The molecule has 82 valence electrons. The first kappa shape index (κ1) is 11.9. The minimum Gasteiger partial charge on any atom is -0.477 e. The van der Waals surface area contributed by atoms with Crippen molar-refractivity contribution in [3.63, 3.8) is 0 Å². The average molecular weight is 226 g/mol. The predicted octanol–water partition coefficient (Wildman–Crippen LogP) is 2.93. The van der Waals surface area contributed by atoms with Crippen LogP contribution in [-0.2, 0) is 11.3 Å². The SMILES string of the molecule is C=C(C)CCOCc1ccsc1C(=O)O. The number of carboxylic acids is 1. The molecular formula is C11H14O3S. The van der Waals surface area contributed by atoms with Crippen LogP contribution >= 0.6 is 11.3 Å². The van der Waals surface area contributed by atoms with Crippen LogP contribution in [0.4, 0.5) is 0 Å². The Balaban J connectivity index is 2.40. The van der Waals surface area contributed by atoms with Crippen molar-refractivity contribution in [1.29, 1.82) is 0 Å². The minimum atomic E-state index is -0.886. The smallest absolute Gasteiger partial charge is 0.346 e. The summed E-state index contributed by atoms with van der Waals surface area (Å²) < 4.78 is 5.36. The number of hydrogen-bond acceptors (Lipinski definition) is 3. The van der Waals surface area contributed by atoms with Gasteiger partial charge < -0.3 is 9.84 Å². The Morgan fingerprint density at radius 2 is 2.40 bits per heavy atom. The molecule has 0 aliphatic heterocycles. The number of ether oxygens (including phenoxy) is 1.